The molecule has 1 atom stereocenters. The highest BCUT2D eigenvalue weighted by Crippen LogP contribution is 2.37. The van der Waals surface area contributed by atoms with Crippen molar-refractivity contribution in [2.24, 2.45) is 11.7 Å². The zero-order valence-electron chi connectivity index (χ0n) is 8.46. The maximum absolute atomic E-state index is 6.27. The highest BCUT2D eigenvalue weighted by atomic mass is 127. The third kappa shape index (κ3) is 1.96. The maximum Gasteiger partial charge on any atom is 0.0334 e. The molecule has 0 radical (unpaired) electrons. The molecule has 1 aromatic rings. The minimum absolute atomic E-state index is 0.260. The van der Waals surface area contributed by atoms with Gasteiger partial charge in [0.2, 0.25) is 0 Å². The first-order chi connectivity index (χ1) is 6.68. The zero-order valence-corrected chi connectivity index (χ0v) is 10.6. The number of halogens is 1. The summed E-state index contributed by atoms with van der Waals surface area (Å²) in [6.45, 7) is 2.13. The van der Waals surface area contributed by atoms with E-state index < -0.39 is 0 Å². The van der Waals surface area contributed by atoms with Gasteiger partial charge >= 0.3 is 0 Å². The Morgan fingerprint density at radius 3 is 2.71 bits per heavy atom. The normalized spacial score (nSPS) is 19.1. The van der Waals surface area contributed by atoms with Gasteiger partial charge in [0.25, 0.3) is 0 Å². The standard InChI is InChI=1S/C12H16IN/c1-8-5-6-11(13)10(7-8)12(14)9-3-2-4-9/h5-7,9,12H,2-4,14H2,1H3/t12-/m1/s1. The average molecular weight is 301 g/mol. The number of hydrogen-bond acceptors (Lipinski definition) is 1. The monoisotopic (exact) mass is 301 g/mol. The Morgan fingerprint density at radius 1 is 1.43 bits per heavy atom. The van der Waals surface area contributed by atoms with Crippen molar-refractivity contribution in [1.29, 1.82) is 0 Å². The van der Waals surface area contributed by atoms with E-state index >= 15 is 0 Å². The summed E-state index contributed by atoms with van der Waals surface area (Å²) in [4.78, 5) is 0. The van der Waals surface area contributed by atoms with Crippen LogP contribution >= 0.6 is 22.6 Å². The maximum atomic E-state index is 6.27. The van der Waals surface area contributed by atoms with E-state index in [9.17, 15) is 0 Å². The van der Waals surface area contributed by atoms with Crippen molar-refractivity contribution in [2.45, 2.75) is 32.2 Å². The second-order valence-corrected chi connectivity index (χ2v) is 5.40. The van der Waals surface area contributed by atoms with Crippen LogP contribution in [0.25, 0.3) is 0 Å². The van der Waals surface area contributed by atoms with E-state index in [2.05, 4.69) is 47.7 Å². The van der Waals surface area contributed by atoms with Gasteiger partial charge in [0, 0.05) is 9.61 Å². The molecule has 1 fully saturated rings. The lowest BCUT2D eigenvalue weighted by molar-refractivity contribution is 0.264. The van der Waals surface area contributed by atoms with Crippen molar-refractivity contribution < 1.29 is 0 Å². The smallest absolute Gasteiger partial charge is 0.0334 e. The van der Waals surface area contributed by atoms with Crippen molar-refractivity contribution in [3.05, 3.63) is 32.9 Å². The second-order valence-electron chi connectivity index (χ2n) is 4.24. The lowest BCUT2D eigenvalue weighted by Gasteiger charge is -2.32. The third-order valence-corrected chi connectivity index (χ3v) is 4.15. The summed E-state index contributed by atoms with van der Waals surface area (Å²) >= 11 is 2.39. The molecule has 2 rings (SSSR count). The molecule has 0 spiro atoms. The third-order valence-electron chi connectivity index (χ3n) is 3.17. The number of nitrogens with two attached hydrogens (primary N) is 1. The van der Waals surface area contributed by atoms with E-state index in [0.717, 1.165) is 5.92 Å². The molecular formula is C12H16IN. The van der Waals surface area contributed by atoms with E-state index in [-0.39, 0.29) is 6.04 Å². The van der Waals surface area contributed by atoms with Crippen molar-refractivity contribution in [1.82, 2.24) is 0 Å². The zero-order chi connectivity index (χ0) is 10.1. The molecule has 2 heteroatoms. The van der Waals surface area contributed by atoms with Crippen molar-refractivity contribution in [3.8, 4) is 0 Å². The van der Waals surface area contributed by atoms with Crippen LogP contribution in [0, 0.1) is 16.4 Å². The number of hydrogen-bond donors (Lipinski definition) is 1. The summed E-state index contributed by atoms with van der Waals surface area (Å²) in [5, 5.41) is 0. The highest BCUT2D eigenvalue weighted by Gasteiger charge is 2.26. The second kappa shape index (κ2) is 4.19. The van der Waals surface area contributed by atoms with Crippen molar-refractivity contribution in [3.63, 3.8) is 0 Å². The Balaban J connectivity index is 2.24. The molecule has 2 N–H and O–H groups in total. The molecular weight excluding hydrogens is 285 g/mol. The van der Waals surface area contributed by atoms with Crippen LogP contribution in [0.1, 0.15) is 36.4 Å². The average Bonchev–Trinajstić information content (AvgIpc) is 2.06. The number of benzene rings is 1. The molecule has 0 bridgehead atoms. The molecule has 0 heterocycles. The molecule has 0 unspecified atom stereocenters. The molecule has 1 aliphatic carbocycles. The fourth-order valence-corrected chi connectivity index (χ4v) is 2.67. The Labute approximate surface area is 99.2 Å². The van der Waals surface area contributed by atoms with Crippen LogP contribution in [0.2, 0.25) is 0 Å². The molecule has 0 saturated heterocycles. The van der Waals surface area contributed by atoms with Gasteiger partial charge < -0.3 is 5.73 Å². The molecule has 1 saturated carbocycles. The largest absolute Gasteiger partial charge is 0.324 e. The van der Waals surface area contributed by atoms with Gasteiger partial charge in [-0.05, 0) is 59.9 Å². The van der Waals surface area contributed by atoms with Crippen LogP contribution in [-0.4, -0.2) is 0 Å². The summed E-state index contributed by atoms with van der Waals surface area (Å²) in [5.74, 6) is 0.727. The lowest BCUT2D eigenvalue weighted by atomic mass is 9.77. The van der Waals surface area contributed by atoms with Gasteiger partial charge in [-0.25, -0.2) is 0 Å². The highest BCUT2D eigenvalue weighted by molar-refractivity contribution is 14.1. The van der Waals surface area contributed by atoms with E-state index in [0.29, 0.717) is 0 Å². The molecule has 0 aromatic heterocycles. The molecule has 0 aliphatic heterocycles. The molecule has 76 valence electrons. The van der Waals surface area contributed by atoms with Gasteiger partial charge in [0.05, 0.1) is 0 Å². The fraction of sp³-hybridized carbons (Fsp3) is 0.500. The van der Waals surface area contributed by atoms with Crippen LogP contribution in [0.15, 0.2) is 18.2 Å². The molecule has 1 aromatic carbocycles. The lowest BCUT2D eigenvalue weighted by Crippen LogP contribution is -2.27. The molecule has 14 heavy (non-hydrogen) atoms. The van der Waals surface area contributed by atoms with E-state index in [4.69, 9.17) is 5.73 Å². The Hall–Kier alpha value is -0.0900. The van der Waals surface area contributed by atoms with Crippen LogP contribution in [-0.2, 0) is 0 Å². The molecule has 1 nitrogen and oxygen atoms in total. The summed E-state index contributed by atoms with van der Waals surface area (Å²) < 4.78 is 1.31. The van der Waals surface area contributed by atoms with E-state index in [1.807, 2.05) is 0 Å². The minimum atomic E-state index is 0.260. The fourth-order valence-electron chi connectivity index (χ4n) is 1.97. The summed E-state index contributed by atoms with van der Waals surface area (Å²) in [7, 11) is 0. The van der Waals surface area contributed by atoms with Crippen molar-refractivity contribution >= 4 is 22.6 Å². The predicted molar refractivity (Wildman–Crippen MR) is 68.2 cm³/mol. The summed E-state index contributed by atoms with van der Waals surface area (Å²) in [5.41, 5.74) is 8.92. The topological polar surface area (TPSA) is 26.0 Å². The van der Waals surface area contributed by atoms with E-state index in [1.165, 1.54) is 34.0 Å². The Kier molecular flexibility index (Phi) is 3.12. The minimum Gasteiger partial charge on any atom is -0.324 e. The summed E-state index contributed by atoms with van der Waals surface area (Å²) in [6, 6.07) is 6.82. The van der Waals surface area contributed by atoms with Gasteiger partial charge in [0.15, 0.2) is 0 Å². The SMILES string of the molecule is Cc1ccc(I)c([C@H](N)C2CCC2)c1. The van der Waals surface area contributed by atoms with Gasteiger partial charge in [-0.3, -0.25) is 0 Å². The first kappa shape index (κ1) is 10.4. The Bertz CT molecular complexity index is 331. The van der Waals surface area contributed by atoms with Crippen LogP contribution < -0.4 is 5.73 Å². The van der Waals surface area contributed by atoms with Gasteiger partial charge in [-0.2, -0.15) is 0 Å². The number of aryl methyl sites for hydroxylation is 1. The van der Waals surface area contributed by atoms with Gasteiger partial charge in [0.1, 0.15) is 0 Å². The Morgan fingerprint density at radius 2 is 2.14 bits per heavy atom. The van der Waals surface area contributed by atoms with Crippen molar-refractivity contribution in [2.75, 3.05) is 0 Å². The summed E-state index contributed by atoms with van der Waals surface area (Å²) in [6.07, 6.45) is 3.98. The first-order valence-corrected chi connectivity index (χ1v) is 6.28. The number of rotatable bonds is 2. The van der Waals surface area contributed by atoms with E-state index in [1.54, 1.807) is 0 Å². The van der Waals surface area contributed by atoms with Crippen LogP contribution in [0.4, 0.5) is 0 Å². The quantitative estimate of drug-likeness (QED) is 0.833. The van der Waals surface area contributed by atoms with Gasteiger partial charge in [-0.1, -0.05) is 24.1 Å². The molecule has 1 aliphatic rings. The van der Waals surface area contributed by atoms with Crippen LogP contribution in [0.5, 0.6) is 0 Å². The predicted octanol–water partition coefficient (Wildman–Crippen LogP) is 3.40. The first-order valence-electron chi connectivity index (χ1n) is 5.20. The molecule has 0 amide bonds. The van der Waals surface area contributed by atoms with Crippen LogP contribution in [0.3, 0.4) is 0 Å². The van der Waals surface area contributed by atoms with Gasteiger partial charge in [-0.15, -0.1) is 0 Å².